The van der Waals surface area contributed by atoms with Crippen molar-refractivity contribution < 1.29 is 9.18 Å². The lowest BCUT2D eigenvalue weighted by Gasteiger charge is -2.10. The SMILES string of the molecule is CCC(C)NC(=O)CSc1ncnc2c(-c3ccc(F)cc3)c[nH]c12. The molecule has 25 heavy (non-hydrogen) atoms. The number of benzene rings is 1. The number of hydrogen-bond acceptors (Lipinski definition) is 4. The maximum Gasteiger partial charge on any atom is 0.230 e. The van der Waals surface area contributed by atoms with Crippen LogP contribution in [-0.4, -0.2) is 32.7 Å². The number of halogens is 1. The number of aromatic nitrogens is 3. The van der Waals surface area contributed by atoms with Gasteiger partial charge in [0.15, 0.2) is 0 Å². The fourth-order valence-electron chi connectivity index (χ4n) is 2.43. The van der Waals surface area contributed by atoms with Gasteiger partial charge in [-0.05, 0) is 31.0 Å². The minimum Gasteiger partial charge on any atom is -0.357 e. The van der Waals surface area contributed by atoms with Gasteiger partial charge in [0.05, 0.1) is 11.3 Å². The van der Waals surface area contributed by atoms with E-state index in [-0.39, 0.29) is 17.8 Å². The van der Waals surface area contributed by atoms with Gasteiger partial charge in [-0.25, -0.2) is 14.4 Å². The van der Waals surface area contributed by atoms with E-state index in [2.05, 4.69) is 20.3 Å². The third kappa shape index (κ3) is 3.99. The highest BCUT2D eigenvalue weighted by molar-refractivity contribution is 8.00. The average Bonchev–Trinajstić information content (AvgIpc) is 3.05. The molecule has 3 aromatic rings. The molecule has 2 aromatic heterocycles. The summed E-state index contributed by atoms with van der Waals surface area (Å²) < 4.78 is 13.1. The Bertz CT molecular complexity index is 878. The number of hydrogen-bond donors (Lipinski definition) is 2. The molecule has 0 saturated heterocycles. The fourth-order valence-corrected chi connectivity index (χ4v) is 3.20. The maximum absolute atomic E-state index is 13.1. The molecule has 0 radical (unpaired) electrons. The van der Waals surface area contributed by atoms with Gasteiger partial charge in [0.2, 0.25) is 5.91 Å². The summed E-state index contributed by atoms with van der Waals surface area (Å²) in [4.78, 5) is 23.8. The van der Waals surface area contributed by atoms with Gasteiger partial charge in [-0.3, -0.25) is 4.79 Å². The van der Waals surface area contributed by atoms with Crippen molar-refractivity contribution in [3.05, 3.63) is 42.6 Å². The van der Waals surface area contributed by atoms with E-state index in [9.17, 15) is 9.18 Å². The summed E-state index contributed by atoms with van der Waals surface area (Å²) in [5.41, 5.74) is 3.29. The quantitative estimate of drug-likeness (QED) is 0.520. The normalized spacial score (nSPS) is 12.3. The molecular weight excluding hydrogens is 339 g/mol. The van der Waals surface area contributed by atoms with Crippen LogP contribution in [0.5, 0.6) is 0 Å². The molecule has 5 nitrogen and oxygen atoms in total. The first-order valence-corrected chi connectivity index (χ1v) is 9.07. The standard InChI is InChI=1S/C18H19FN4OS/c1-3-11(2)23-15(24)9-25-18-17-16(21-10-22-18)14(8-20-17)12-4-6-13(19)7-5-12/h4-8,10-11,20H,3,9H2,1-2H3,(H,23,24). The molecule has 2 N–H and O–H groups in total. The van der Waals surface area contributed by atoms with Crippen molar-refractivity contribution in [1.82, 2.24) is 20.3 Å². The number of thioether (sulfide) groups is 1. The third-order valence-electron chi connectivity index (χ3n) is 3.94. The lowest BCUT2D eigenvalue weighted by Crippen LogP contribution is -2.33. The zero-order chi connectivity index (χ0) is 17.8. The van der Waals surface area contributed by atoms with Crippen LogP contribution in [0.2, 0.25) is 0 Å². The number of carbonyl (C=O) groups excluding carboxylic acids is 1. The molecule has 7 heteroatoms. The Hall–Kier alpha value is -2.41. The number of fused-ring (bicyclic) bond motifs is 1. The smallest absolute Gasteiger partial charge is 0.230 e. The van der Waals surface area contributed by atoms with Crippen molar-refractivity contribution in [3.63, 3.8) is 0 Å². The minimum atomic E-state index is -0.276. The van der Waals surface area contributed by atoms with Gasteiger partial charge in [0.1, 0.15) is 22.7 Å². The Kier molecular flexibility index (Phi) is 5.33. The minimum absolute atomic E-state index is 0.0172. The van der Waals surface area contributed by atoms with Crippen LogP contribution in [0.1, 0.15) is 20.3 Å². The average molecular weight is 358 g/mol. The van der Waals surface area contributed by atoms with E-state index in [1.807, 2.05) is 20.0 Å². The second-order valence-corrected chi connectivity index (χ2v) is 6.74. The van der Waals surface area contributed by atoms with Crippen LogP contribution in [0, 0.1) is 5.82 Å². The first kappa shape index (κ1) is 17.4. The van der Waals surface area contributed by atoms with Gasteiger partial charge < -0.3 is 10.3 Å². The molecule has 130 valence electrons. The molecule has 0 bridgehead atoms. The van der Waals surface area contributed by atoms with Crippen LogP contribution < -0.4 is 5.32 Å². The number of nitrogens with zero attached hydrogens (tertiary/aromatic N) is 2. The van der Waals surface area contributed by atoms with Crippen LogP contribution in [0.4, 0.5) is 4.39 Å². The van der Waals surface area contributed by atoms with Gasteiger partial charge in [0, 0.05) is 17.8 Å². The van der Waals surface area contributed by atoms with E-state index in [1.54, 1.807) is 12.1 Å². The van der Waals surface area contributed by atoms with Gasteiger partial charge >= 0.3 is 0 Å². The zero-order valence-electron chi connectivity index (χ0n) is 14.0. The number of aromatic amines is 1. The lowest BCUT2D eigenvalue weighted by molar-refractivity contribution is -0.119. The summed E-state index contributed by atoms with van der Waals surface area (Å²) in [6.45, 7) is 4.01. The predicted molar refractivity (Wildman–Crippen MR) is 97.9 cm³/mol. The summed E-state index contributed by atoms with van der Waals surface area (Å²) in [6, 6.07) is 6.43. The monoisotopic (exact) mass is 358 g/mol. The van der Waals surface area contributed by atoms with Crippen LogP contribution in [0.25, 0.3) is 22.2 Å². The molecule has 0 saturated carbocycles. The largest absolute Gasteiger partial charge is 0.357 e. The zero-order valence-corrected chi connectivity index (χ0v) is 14.9. The van der Waals surface area contributed by atoms with E-state index in [0.717, 1.165) is 33.6 Å². The molecule has 3 rings (SSSR count). The Morgan fingerprint density at radius 2 is 2.08 bits per heavy atom. The highest BCUT2D eigenvalue weighted by atomic mass is 32.2. The van der Waals surface area contributed by atoms with E-state index in [1.165, 1.54) is 30.2 Å². The molecule has 1 amide bonds. The molecular formula is C18H19FN4OS. The van der Waals surface area contributed by atoms with Crippen molar-refractivity contribution in [2.75, 3.05) is 5.75 Å². The van der Waals surface area contributed by atoms with Gasteiger partial charge in [0.25, 0.3) is 0 Å². The second kappa shape index (κ2) is 7.65. The van der Waals surface area contributed by atoms with E-state index >= 15 is 0 Å². The van der Waals surface area contributed by atoms with Crippen molar-refractivity contribution in [1.29, 1.82) is 0 Å². The third-order valence-corrected chi connectivity index (χ3v) is 4.93. The Morgan fingerprint density at radius 1 is 1.32 bits per heavy atom. The molecule has 1 aromatic carbocycles. The predicted octanol–water partition coefficient (Wildman–Crippen LogP) is 3.77. The van der Waals surface area contributed by atoms with E-state index in [4.69, 9.17) is 0 Å². The highest BCUT2D eigenvalue weighted by Gasteiger charge is 2.14. The Balaban J connectivity index is 1.81. The van der Waals surface area contributed by atoms with E-state index < -0.39 is 0 Å². The molecule has 2 heterocycles. The van der Waals surface area contributed by atoms with Gasteiger partial charge in [-0.1, -0.05) is 30.8 Å². The summed E-state index contributed by atoms with van der Waals surface area (Å²) >= 11 is 1.37. The number of H-pyrrole nitrogens is 1. The number of nitrogens with one attached hydrogen (secondary N) is 2. The van der Waals surface area contributed by atoms with E-state index in [0.29, 0.717) is 5.75 Å². The lowest BCUT2D eigenvalue weighted by atomic mass is 10.1. The molecule has 1 atom stereocenters. The molecule has 0 aliphatic heterocycles. The summed E-state index contributed by atoms with van der Waals surface area (Å²) in [5, 5.41) is 3.66. The topological polar surface area (TPSA) is 70.7 Å². The first-order valence-electron chi connectivity index (χ1n) is 8.08. The molecule has 1 unspecified atom stereocenters. The van der Waals surface area contributed by atoms with Crippen molar-refractivity contribution in [2.24, 2.45) is 0 Å². The number of carbonyl (C=O) groups is 1. The fraction of sp³-hybridized carbons (Fsp3) is 0.278. The summed E-state index contributed by atoms with van der Waals surface area (Å²) in [6.07, 6.45) is 4.21. The van der Waals surface area contributed by atoms with Crippen LogP contribution in [0.15, 0.2) is 41.8 Å². The Labute approximate surface area is 149 Å². The Morgan fingerprint density at radius 3 is 2.80 bits per heavy atom. The second-order valence-electron chi connectivity index (χ2n) is 5.78. The van der Waals surface area contributed by atoms with Crippen LogP contribution in [0.3, 0.4) is 0 Å². The first-order chi connectivity index (χ1) is 12.1. The van der Waals surface area contributed by atoms with Crippen molar-refractivity contribution >= 4 is 28.7 Å². The molecule has 0 aliphatic rings. The molecule has 0 aliphatic carbocycles. The van der Waals surface area contributed by atoms with Crippen molar-refractivity contribution in [2.45, 2.75) is 31.3 Å². The molecule has 0 spiro atoms. The van der Waals surface area contributed by atoms with Crippen molar-refractivity contribution in [3.8, 4) is 11.1 Å². The summed E-state index contributed by atoms with van der Waals surface area (Å²) in [5.74, 6) is -0.000315. The number of amides is 1. The van der Waals surface area contributed by atoms with Gasteiger partial charge in [-0.15, -0.1) is 0 Å². The number of rotatable bonds is 6. The van der Waals surface area contributed by atoms with Crippen LogP contribution >= 0.6 is 11.8 Å². The summed E-state index contributed by atoms with van der Waals surface area (Å²) in [7, 11) is 0. The van der Waals surface area contributed by atoms with Crippen LogP contribution in [-0.2, 0) is 4.79 Å². The van der Waals surface area contributed by atoms with Gasteiger partial charge in [-0.2, -0.15) is 0 Å². The maximum atomic E-state index is 13.1. The highest BCUT2D eigenvalue weighted by Crippen LogP contribution is 2.31. The molecule has 0 fully saturated rings.